The molecule has 0 aromatic heterocycles. The lowest BCUT2D eigenvalue weighted by Crippen LogP contribution is -2.20. The number of non-ortho nitro benzene ring substituents is 1. The molecule has 5 heteroatoms. The van der Waals surface area contributed by atoms with Crippen molar-refractivity contribution in [2.75, 3.05) is 6.61 Å². The monoisotopic (exact) mass is 234 g/mol. The molecule has 17 heavy (non-hydrogen) atoms. The van der Waals surface area contributed by atoms with E-state index in [1.54, 1.807) is 12.3 Å². The average molecular weight is 234 g/mol. The molecule has 0 spiro atoms. The number of aliphatic imine (C=N–C) groups is 1. The molecule has 0 bridgehead atoms. The lowest BCUT2D eigenvalue weighted by Gasteiger charge is -2.14. The van der Waals surface area contributed by atoms with E-state index >= 15 is 0 Å². The van der Waals surface area contributed by atoms with Gasteiger partial charge in [-0.15, -0.1) is 0 Å². The zero-order chi connectivity index (χ0) is 12.4. The van der Waals surface area contributed by atoms with E-state index in [1.807, 2.05) is 0 Å². The summed E-state index contributed by atoms with van der Waals surface area (Å²) in [5.74, 6) is 1.04. The summed E-state index contributed by atoms with van der Waals surface area (Å²) in [6.07, 6.45) is 1.67. The zero-order valence-corrected chi connectivity index (χ0v) is 9.79. The van der Waals surface area contributed by atoms with Crippen LogP contribution in [0.5, 0.6) is 5.75 Å². The first-order valence-corrected chi connectivity index (χ1v) is 5.52. The topological polar surface area (TPSA) is 64.7 Å². The Labute approximate surface area is 99.3 Å². The fraction of sp³-hybridized carbons (Fsp3) is 0.417. The third-order valence-electron chi connectivity index (χ3n) is 2.79. The van der Waals surface area contributed by atoms with E-state index in [9.17, 15) is 10.1 Å². The molecule has 1 aromatic rings. The second-order valence-electron chi connectivity index (χ2n) is 4.38. The summed E-state index contributed by atoms with van der Waals surface area (Å²) in [4.78, 5) is 14.6. The van der Waals surface area contributed by atoms with E-state index in [4.69, 9.17) is 4.74 Å². The summed E-state index contributed by atoms with van der Waals surface area (Å²) in [7, 11) is 0. The number of rotatable bonds is 2. The normalized spacial score (nSPS) is 18.4. The van der Waals surface area contributed by atoms with Gasteiger partial charge in [0.15, 0.2) is 0 Å². The van der Waals surface area contributed by atoms with Gasteiger partial charge in [-0.05, 0) is 12.0 Å². The zero-order valence-electron chi connectivity index (χ0n) is 9.79. The van der Waals surface area contributed by atoms with Crippen LogP contribution in [0, 0.1) is 16.0 Å². The van der Waals surface area contributed by atoms with Crippen LogP contribution >= 0.6 is 0 Å². The van der Waals surface area contributed by atoms with Crippen molar-refractivity contribution in [1.29, 1.82) is 0 Å². The molecular formula is C12H14N2O3. The van der Waals surface area contributed by atoms with Crippen LogP contribution in [0.2, 0.25) is 0 Å². The SMILES string of the molecule is CC(C)[C@H]1COc2ccc([N+](=O)[O-])cc2C=N1. The number of hydrogen-bond acceptors (Lipinski definition) is 4. The quantitative estimate of drug-likeness (QED) is 0.583. The number of nitrogens with zero attached hydrogens (tertiary/aromatic N) is 2. The molecule has 0 radical (unpaired) electrons. The number of nitro benzene ring substituents is 1. The highest BCUT2D eigenvalue weighted by Gasteiger charge is 2.18. The Kier molecular flexibility index (Phi) is 3.08. The highest BCUT2D eigenvalue weighted by molar-refractivity contribution is 5.85. The van der Waals surface area contributed by atoms with Crippen LogP contribution in [0.25, 0.3) is 0 Å². The minimum Gasteiger partial charge on any atom is -0.491 e. The predicted octanol–water partition coefficient (Wildman–Crippen LogP) is 2.43. The van der Waals surface area contributed by atoms with Crippen molar-refractivity contribution < 1.29 is 9.66 Å². The summed E-state index contributed by atoms with van der Waals surface area (Å²) in [6, 6.07) is 4.66. The highest BCUT2D eigenvalue weighted by Crippen LogP contribution is 2.25. The van der Waals surface area contributed by atoms with Gasteiger partial charge in [-0.3, -0.25) is 15.1 Å². The molecule has 1 heterocycles. The molecule has 90 valence electrons. The fourth-order valence-electron chi connectivity index (χ4n) is 1.64. The largest absolute Gasteiger partial charge is 0.491 e. The molecule has 1 aliphatic heterocycles. The van der Waals surface area contributed by atoms with Gasteiger partial charge in [0.2, 0.25) is 0 Å². The second-order valence-corrected chi connectivity index (χ2v) is 4.38. The summed E-state index contributed by atoms with van der Waals surface area (Å²) in [5, 5.41) is 10.7. The maximum absolute atomic E-state index is 10.7. The third kappa shape index (κ3) is 2.43. The number of benzene rings is 1. The summed E-state index contributed by atoms with van der Waals surface area (Å²) >= 11 is 0. The molecule has 0 saturated heterocycles. The number of ether oxygens (including phenoxy) is 1. The molecule has 1 atom stereocenters. The molecule has 5 nitrogen and oxygen atoms in total. The van der Waals surface area contributed by atoms with Crippen LogP contribution in [0.1, 0.15) is 19.4 Å². The van der Waals surface area contributed by atoms with Gasteiger partial charge >= 0.3 is 0 Å². The van der Waals surface area contributed by atoms with Crippen molar-refractivity contribution in [2.24, 2.45) is 10.9 Å². The Bertz CT molecular complexity index is 469. The van der Waals surface area contributed by atoms with Gasteiger partial charge in [-0.2, -0.15) is 0 Å². The summed E-state index contributed by atoms with van der Waals surface area (Å²) in [6.45, 7) is 4.66. The van der Waals surface area contributed by atoms with Crippen LogP contribution in [0.3, 0.4) is 0 Å². The molecule has 2 rings (SSSR count). The van der Waals surface area contributed by atoms with E-state index < -0.39 is 4.92 Å². The standard InChI is InChI=1S/C12H14N2O3/c1-8(2)11-7-17-12-4-3-10(14(15)16)5-9(12)6-13-11/h3-6,8,11H,7H2,1-2H3/t11-/m1/s1. The van der Waals surface area contributed by atoms with E-state index in [0.29, 0.717) is 23.8 Å². The van der Waals surface area contributed by atoms with E-state index in [0.717, 1.165) is 0 Å². The van der Waals surface area contributed by atoms with Crippen LogP contribution in [0.15, 0.2) is 23.2 Å². The first-order valence-electron chi connectivity index (χ1n) is 5.52. The highest BCUT2D eigenvalue weighted by atomic mass is 16.6. The van der Waals surface area contributed by atoms with E-state index in [2.05, 4.69) is 18.8 Å². The van der Waals surface area contributed by atoms with Crippen molar-refractivity contribution in [3.05, 3.63) is 33.9 Å². The maximum Gasteiger partial charge on any atom is 0.270 e. The maximum atomic E-state index is 10.7. The lowest BCUT2D eigenvalue weighted by molar-refractivity contribution is -0.384. The van der Waals surface area contributed by atoms with Gasteiger partial charge in [0.05, 0.1) is 11.0 Å². The van der Waals surface area contributed by atoms with Gasteiger partial charge < -0.3 is 4.74 Å². The third-order valence-corrected chi connectivity index (χ3v) is 2.79. The van der Waals surface area contributed by atoms with Gasteiger partial charge in [0, 0.05) is 23.9 Å². The molecule has 0 fully saturated rings. The smallest absolute Gasteiger partial charge is 0.270 e. The van der Waals surface area contributed by atoms with Crippen molar-refractivity contribution in [1.82, 2.24) is 0 Å². The van der Waals surface area contributed by atoms with Crippen molar-refractivity contribution in [2.45, 2.75) is 19.9 Å². The second kappa shape index (κ2) is 4.53. The molecule has 1 aromatic carbocycles. The Morgan fingerprint density at radius 3 is 2.94 bits per heavy atom. The van der Waals surface area contributed by atoms with Crippen molar-refractivity contribution in [3.8, 4) is 5.75 Å². The van der Waals surface area contributed by atoms with Crippen molar-refractivity contribution in [3.63, 3.8) is 0 Å². The van der Waals surface area contributed by atoms with Gasteiger partial charge in [-0.1, -0.05) is 13.8 Å². The summed E-state index contributed by atoms with van der Waals surface area (Å²) < 4.78 is 5.61. The van der Waals surface area contributed by atoms with Crippen LogP contribution in [0.4, 0.5) is 5.69 Å². The number of hydrogen-bond donors (Lipinski definition) is 0. The van der Waals surface area contributed by atoms with Crippen LogP contribution in [-0.2, 0) is 0 Å². The Hall–Kier alpha value is -1.91. The van der Waals surface area contributed by atoms with Gasteiger partial charge in [0.25, 0.3) is 5.69 Å². The molecule has 1 aliphatic rings. The lowest BCUT2D eigenvalue weighted by atomic mass is 10.1. The average Bonchev–Trinajstić information content (AvgIpc) is 2.50. The Morgan fingerprint density at radius 2 is 2.29 bits per heavy atom. The fourth-order valence-corrected chi connectivity index (χ4v) is 1.64. The number of fused-ring (bicyclic) bond motifs is 1. The minimum atomic E-state index is -0.418. The Balaban J connectivity index is 2.32. The molecular weight excluding hydrogens is 220 g/mol. The summed E-state index contributed by atoms with van der Waals surface area (Å²) in [5.41, 5.74) is 0.726. The van der Waals surface area contributed by atoms with Gasteiger partial charge in [-0.25, -0.2) is 0 Å². The molecule has 0 aliphatic carbocycles. The Morgan fingerprint density at radius 1 is 1.53 bits per heavy atom. The predicted molar refractivity (Wildman–Crippen MR) is 64.8 cm³/mol. The van der Waals surface area contributed by atoms with Gasteiger partial charge in [0.1, 0.15) is 12.4 Å². The van der Waals surface area contributed by atoms with Crippen LogP contribution < -0.4 is 4.74 Å². The van der Waals surface area contributed by atoms with Crippen molar-refractivity contribution >= 4 is 11.9 Å². The minimum absolute atomic E-state index is 0.0572. The number of nitro groups is 1. The molecule has 0 N–H and O–H groups in total. The first-order chi connectivity index (χ1) is 8.08. The molecule has 0 unspecified atom stereocenters. The van der Waals surface area contributed by atoms with E-state index in [1.165, 1.54) is 12.1 Å². The first kappa shape index (κ1) is 11.6. The van der Waals surface area contributed by atoms with E-state index in [-0.39, 0.29) is 11.7 Å². The molecule has 0 amide bonds. The molecule has 0 saturated carbocycles. The van der Waals surface area contributed by atoms with Crippen LogP contribution in [-0.4, -0.2) is 23.8 Å².